The third-order valence-corrected chi connectivity index (χ3v) is 7.22. The van der Waals surface area contributed by atoms with E-state index >= 15 is 0 Å². The van der Waals surface area contributed by atoms with Crippen LogP contribution in [-0.2, 0) is 10.0 Å². The van der Waals surface area contributed by atoms with Gasteiger partial charge < -0.3 is 5.11 Å². The molecule has 142 valence electrons. The quantitative estimate of drug-likeness (QED) is 0.568. The molecule has 2 N–H and O–H groups in total. The molecule has 0 aliphatic carbocycles. The lowest BCUT2D eigenvalue weighted by Gasteiger charge is -2.29. The third-order valence-electron chi connectivity index (χ3n) is 4.47. The van der Waals surface area contributed by atoms with Crippen LogP contribution in [0.4, 0.5) is 0 Å². The van der Waals surface area contributed by atoms with Gasteiger partial charge in [-0.2, -0.15) is 0 Å². The van der Waals surface area contributed by atoms with E-state index in [0.29, 0.717) is 5.56 Å². The molecule has 3 unspecified atom stereocenters. The first kappa shape index (κ1) is 21.4. The van der Waals surface area contributed by atoms with Crippen molar-refractivity contribution in [2.45, 2.75) is 42.2 Å². The summed E-state index contributed by atoms with van der Waals surface area (Å²) in [6.45, 7) is 3.92. The molecular weight excluding hydrogens is 434 g/mol. The molecule has 7 heteroatoms. The number of aliphatic hydroxyl groups is 1. The zero-order valence-electron chi connectivity index (χ0n) is 15.0. The summed E-state index contributed by atoms with van der Waals surface area (Å²) in [6.07, 6.45) is 1.80. The molecule has 0 aliphatic heterocycles. The summed E-state index contributed by atoms with van der Waals surface area (Å²) in [5, 5.41) is 10.9. The Morgan fingerprint density at radius 1 is 1.12 bits per heavy atom. The number of halogens is 1. The zero-order chi connectivity index (χ0) is 19.3. The van der Waals surface area contributed by atoms with E-state index in [1.54, 1.807) is 36.0 Å². The second kappa shape index (κ2) is 9.37. The largest absolute Gasteiger partial charge is 0.387 e. The molecule has 0 amide bonds. The van der Waals surface area contributed by atoms with Crippen LogP contribution in [0.25, 0.3) is 0 Å². The number of benzene rings is 2. The normalized spacial score (nSPS) is 15.4. The molecule has 0 heterocycles. The third kappa shape index (κ3) is 5.33. The van der Waals surface area contributed by atoms with Gasteiger partial charge in [-0.15, -0.1) is 11.8 Å². The lowest BCUT2D eigenvalue weighted by Crippen LogP contribution is -2.43. The maximum atomic E-state index is 12.8. The van der Waals surface area contributed by atoms with Crippen LogP contribution in [0, 0.1) is 5.92 Å². The van der Waals surface area contributed by atoms with Gasteiger partial charge in [0, 0.05) is 9.37 Å². The molecule has 26 heavy (non-hydrogen) atoms. The minimum absolute atomic E-state index is 0.0320. The topological polar surface area (TPSA) is 66.4 Å². The Labute approximate surface area is 168 Å². The van der Waals surface area contributed by atoms with E-state index in [0.717, 1.165) is 15.8 Å². The number of nitrogens with one attached hydrogen (secondary N) is 1. The van der Waals surface area contributed by atoms with Gasteiger partial charge in [0.15, 0.2) is 0 Å². The molecule has 0 bridgehead atoms. The molecule has 0 aromatic heterocycles. The fraction of sp³-hybridized carbons (Fsp3) is 0.368. The van der Waals surface area contributed by atoms with Crippen molar-refractivity contribution in [3.8, 4) is 0 Å². The molecule has 0 spiro atoms. The summed E-state index contributed by atoms with van der Waals surface area (Å²) < 4.78 is 29.1. The van der Waals surface area contributed by atoms with Crippen molar-refractivity contribution in [2.24, 2.45) is 5.92 Å². The van der Waals surface area contributed by atoms with Crippen molar-refractivity contribution in [3.63, 3.8) is 0 Å². The molecule has 0 saturated heterocycles. The maximum Gasteiger partial charge on any atom is 0.240 e. The van der Waals surface area contributed by atoms with E-state index in [4.69, 9.17) is 0 Å². The van der Waals surface area contributed by atoms with Crippen molar-refractivity contribution in [1.29, 1.82) is 0 Å². The summed E-state index contributed by atoms with van der Waals surface area (Å²) in [5.74, 6) is -0.0320. The van der Waals surface area contributed by atoms with Crippen molar-refractivity contribution in [3.05, 3.63) is 58.6 Å². The fourth-order valence-electron chi connectivity index (χ4n) is 2.62. The van der Waals surface area contributed by atoms with Gasteiger partial charge in [0.1, 0.15) is 0 Å². The van der Waals surface area contributed by atoms with Crippen molar-refractivity contribution in [1.82, 2.24) is 4.72 Å². The first-order valence-corrected chi connectivity index (χ1v) is 11.9. The monoisotopic (exact) mass is 457 g/mol. The Morgan fingerprint density at radius 3 is 2.19 bits per heavy atom. The van der Waals surface area contributed by atoms with Gasteiger partial charge in [-0.1, -0.05) is 48.3 Å². The SMILES string of the molecule is CCC(C)C(NS(=O)(=O)c1ccc(Br)cc1)C(O)c1ccc(SC)cc1. The molecule has 2 aromatic rings. The number of thioether (sulfide) groups is 1. The number of aliphatic hydroxyl groups excluding tert-OH is 1. The average Bonchev–Trinajstić information content (AvgIpc) is 2.65. The molecule has 0 saturated carbocycles. The first-order chi connectivity index (χ1) is 12.3. The van der Waals surface area contributed by atoms with Crippen LogP contribution in [0.3, 0.4) is 0 Å². The highest BCUT2D eigenvalue weighted by molar-refractivity contribution is 9.10. The molecule has 2 aromatic carbocycles. The Bertz CT molecular complexity index is 808. The van der Waals surface area contributed by atoms with Gasteiger partial charge in [0.05, 0.1) is 17.0 Å². The van der Waals surface area contributed by atoms with Crippen LogP contribution in [0.2, 0.25) is 0 Å². The van der Waals surface area contributed by atoms with E-state index in [-0.39, 0.29) is 10.8 Å². The Kier molecular flexibility index (Phi) is 7.73. The van der Waals surface area contributed by atoms with Gasteiger partial charge >= 0.3 is 0 Å². The predicted octanol–water partition coefficient (Wildman–Crippen LogP) is 4.60. The number of hydrogen-bond acceptors (Lipinski definition) is 4. The molecule has 0 fully saturated rings. The van der Waals surface area contributed by atoms with Crippen LogP contribution in [0.5, 0.6) is 0 Å². The number of hydrogen-bond donors (Lipinski definition) is 2. The molecule has 4 nitrogen and oxygen atoms in total. The number of sulfonamides is 1. The smallest absolute Gasteiger partial charge is 0.240 e. The molecule has 0 aliphatic rings. The predicted molar refractivity (Wildman–Crippen MR) is 111 cm³/mol. The highest BCUT2D eigenvalue weighted by Gasteiger charge is 2.30. The van der Waals surface area contributed by atoms with Gasteiger partial charge in [0.2, 0.25) is 10.0 Å². The van der Waals surface area contributed by atoms with Crippen LogP contribution in [0.1, 0.15) is 31.9 Å². The minimum Gasteiger partial charge on any atom is -0.387 e. The second-order valence-corrected chi connectivity index (χ2v) is 9.71. The molecule has 2 rings (SSSR count). The summed E-state index contributed by atoms with van der Waals surface area (Å²) in [4.78, 5) is 1.27. The van der Waals surface area contributed by atoms with E-state index in [2.05, 4.69) is 20.7 Å². The standard InChI is InChI=1S/C19H24BrNO3S2/c1-4-13(2)18(19(22)14-5-9-16(25-3)10-6-14)21-26(23,24)17-11-7-15(20)8-12-17/h5-13,18-19,21-22H,4H2,1-3H3. The van der Waals surface area contributed by atoms with E-state index in [1.807, 2.05) is 44.4 Å². The van der Waals surface area contributed by atoms with Gasteiger partial charge in [-0.25, -0.2) is 13.1 Å². The van der Waals surface area contributed by atoms with E-state index in [1.165, 1.54) is 0 Å². The molecule has 0 radical (unpaired) electrons. The van der Waals surface area contributed by atoms with E-state index < -0.39 is 22.2 Å². The van der Waals surface area contributed by atoms with Crippen molar-refractivity contribution >= 4 is 37.7 Å². The zero-order valence-corrected chi connectivity index (χ0v) is 18.2. The van der Waals surface area contributed by atoms with Crippen molar-refractivity contribution < 1.29 is 13.5 Å². The Morgan fingerprint density at radius 2 is 1.69 bits per heavy atom. The second-order valence-electron chi connectivity index (χ2n) is 6.20. The average molecular weight is 458 g/mol. The van der Waals surface area contributed by atoms with Crippen LogP contribution in [-0.4, -0.2) is 25.8 Å². The summed E-state index contributed by atoms with van der Waals surface area (Å²) in [5.41, 5.74) is 0.701. The van der Waals surface area contributed by atoms with Crippen LogP contribution in [0.15, 0.2) is 62.8 Å². The van der Waals surface area contributed by atoms with Crippen molar-refractivity contribution in [2.75, 3.05) is 6.26 Å². The van der Waals surface area contributed by atoms with Crippen LogP contribution >= 0.6 is 27.7 Å². The first-order valence-electron chi connectivity index (χ1n) is 8.38. The maximum absolute atomic E-state index is 12.8. The fourth-order valence-corrected chi connectivity index (χ4v) is 4.64. The Balaban J connectivity index is 2.29. The van der Waals surface area contributed by atoms with Gasteiger partial charge in [0.25, 0.3) is 0 Å². The molecular formula is C19H24BrNO3S2. The van der Waals surface area contributed by atoms with Crippen LogP contribution < -0.4 is 4.72 Å². The van der Waals surface area contributed by atoms with Gasteiger partial charge in [-0.3, -0.25) is 0 Å². The lowest BCUT2D eigenvalue weighted by molar-refractivity contribution is 0.112. The summed E-state index contributed by atoms with van der Waals surface area (Å²) >= 11 is 4.93. The van der Waals surface area contributed by atoms with Gasteiger partial charge in [-0.05, 0) is 54.1 Å². The minimum atomic E-state index is -3.73. The summed E-state index contributed by atoms with van der Waals surface area (Å²) in [6, 6.07) is 13.4. The molecule has 3 atom stereocenters. The lowest BCUT2D eigenvalue weighted by atomic mass is 9.91. The van der Waals surface area contributed by atoms with E-state index in [9.17, 15) is 13.5 Å². The summed E-state index contributed by atoms with van der Waals surface area (Å²) in [7, 11) is -3.73. The number of rotatable bonds is 8. The highest BCUT2D eigenvalue weighted by atomic mass is 79.9. The Hall–Kier alpha value is -0.860. The highest BCUT2D eigenvalue weighted by Crippen LogP contribution is 2.27.